The van der Waals surface area contributed by atoms with E-state index in [4.69, 9.17) is 4.74 Å². The van der Waals surface area contributed by atoms with Gasteiger partial charge in [-0.1, -0.05) is 43.0 Å². The summed E-state index contributed by atoms with van der Waals surface area (Å²) >= 11 is 0. The molecule has 0 bridgehead atoms. The van der Waals surface area contributed by atoms with Crippen LogP contribution in [-0.2, 0) is 11.2 Å². The van der Waals surface area contributed by atoms with Gasteiger partial charge in [-0.15, -0.1) is 0 Å². The highest BCUT2D eigenvalue weighted by Gasteiger charge is 2.02. The molecular formula is C20H24N2O2. The van der Waals surface area contributed by atoms with E-state index in [1.807, 2.05) is 49.4 Å². The van der Waals surface area contributed by atoms with E-state index >= 15 is 0 Å². The first-order chi connectivity index (χ1) is 11.6. The first-order valence-corrected chi connectivity index (χ1v) is 8.05. The molecule has 126 valence electrons. The van der Waals surface area contributed by atoms with E-state index in [9.17, 15) is 4.79 Å². The Morgan fingerprint density at radius 3 is 2.67 bits per heavy atom. The molecule has 2 rings (SSSR count). The molecule has 24 heavy (non-hydrogen) atoms. The number of amides is 1. The van der Waals surface area contributed by atoms with Crippen LogP contribution < -0.4 is 15.4 Å². The first kappa shape index (κ1) is 17.6. The van der Waals surface area contributed by atoms with Crippen molar-refractivity contribution in [3.8, 4) is 5.75 Å². The van der Waals surface area contributed by atoms with Crippen molar-refractivity contribution in [2.45, 2.75) is 13.3 Å². The molecule has 4 heteroatoms. The van der Waals surface area contributed by atoms with E-state index in [2.05, 4.69) is 29.3 Å². The van der Waals surface area contributed by atoms with E-state index in [1.54, 1.807) is 0 Å². The highest BCUT2D eigenvalue weighted by molar-refractivity contribution is 5.80. The molecule has 0 aromatic heterocycles. The number of carbonyl (C=O) groups excluding carboxylic acids is 1. The number of nitrogens with one attached hydrogen (secondary N) is 2. The van der Waals surface area contributed by atoms with Crippen LogP contribution in [0.25, 0.3) is 0 Å². The Kier molecular flexibility index (Phi) is 6.90. The normalized spacial score (nSPS) is 10.0. The van der Waals surface area contributed by atoms with Crippen LogP contribution in [-0.4, -0.2) is 25.6 Å². The lowest BCUT2D eigenvalue weighted by molar-refractivity contribution is -0.119. The van der Waals surface area contributed by atoms with E-state index in [0.29, 0.717) is 13.2 Å². The fourth-order valence-electron chi connectivity index (χ4n) is 2.14. The minimum Gasteiger partial charge on any atom is -0.489 e. The summed E-state index contributed by atoms with van der Waals surface area (Å²) in [6, 6.07) is 17.7. The second-order valence-corrected chi connectivity index (χ2v) is 5.71. The molecule has 0 heterocycles. The number of ether oxygens (including phenoxy) is 1. The second kappa shape index (κ2) is 9.40. The SMILES string of the molecule is C=C(C)COc1cccc(NCC(=O)NCCc2ccccc2)c1. The molecule has 2 aromatic rings. The molecule has 0 aliphatic heterocycles. The number of anilines is 1. The molecule has 2 aromatic carbocycles. The van der Waals surface area contributed by atoms with Gasteiger partial charge in [-0.05, 0) is 36.6 Å². The van der Waals surface area contributed by atoms with Gasteiger partial charge in [0.15, 0.2) is 0 Å². The maximum atomic E-state index is 11.9. The summed E-state index contributed by atoms with van der Waals surface area (Å²) < 4.78 is 5.59. The van der Waals surface area contributed by atoms with Gasteiger partial charge in [0.1, 0.15) is 12.4 Å². The van der Waals surface area contributed by atoms with Crippen molar-refractivity contribution in [2.75, 3.05) is 25.0 Å². The van der Waals surface area contributed by atoms with Gasteiger partial charge in [0, 0.05) is 18.3 Å². The topological polar surface area (TPSA) is 50.4 Å². The quantitative estimate of drug-likeness (QED) is 0.695. The van der Waals surface area contributed by atoms with Crippen LogP contribution in [0.4, 0.5) is 5.69 Å². The lowest BCUT2D eigenvalue weighted by Gasteiger charge is -2.10. The van der Waals surface area contributed by atoms with Crippen LogP contribution in [0.1, 0.15) is 12.5 Å². The molecule has 2 N–H and O–H groups in total. The molecule has 0 atom stereocenters. The number of rotatable bonds is 9. The average molecular weight is 324 g/mol. The molecule has 0 aliphatic carbocycles. The molecule has 4 nitrogen and oxygen atoms in total. The van der Waals surface area contributed by atoms with Gasteiger partial charge in [0.2, 0.25) is 5.91 Å². The third kappa shape index (κ3) is 6.57. The van der Waals surface area contributed by atoms with Crippen LogP contribution in [0.15, 0.2) is 66.7 Å². The number of carbonyl (C=O) groups is 1. The maximum absolute atomic E-state index is 11.9. The van der Waals surface area contributed by atoms with Crippen molar-refractivity contribution in [3.05, 3.63) is 72.3 Å². The van der Waals surface area contributed by atoms with Crippen LogP contribution in [0.3, 0.4) is 0 Å². The Morgan fingerprint density at radius 1 is 1.12 bits per heavy atom. The second-order valence-electron chi connectivity index (χ2n) is 5.71. The predicted molar refractivity (Wildman–Crippen MR) is 98.4 cm³/mol. The lowest BCUT2D eigenvalue weighted by atomic mass is 10.1. The fourth-order valence-corrected chi connectivity index (χ4v) is 2.14. The van der Waals surface area contributed by atoms with Gasteiger partial charge in [0.25, 0.3) is 0 Å². The first-order valence-electron chi connectivity index (χ1n) is 8.05. The summed E-state index contributed by atoms with van der Waals surface area (Å²) in [6.45, 7) is 7.08. The zero-order valence-electron chi connectivity index (χ0n) is 14.0. The minimum atomic E-state index is -0.0285. The summed E-state index contributed by atoms with van der Waals surface area (Å²) in [7, 11) is 0. The van der Waals surface area contributed by atoms with Crippen molar-refractivity contribution in [1.29, 1.82) is 0 Å². The number of hydrogen-bond donors (Lipinski definition) is 2. The average Bonchev–Trinajstić information content (AvgIpc) is 2.59. The van der Waals surface area contributed by atoms with Gasteiger partial charge < -0.3 is 15.4 Å². The predicted octanol–water partition coefficient (Wildman–Crippen LogP) is 3.41. The largest absolute Gasteiger partial charge is 0.489 e. The van der Waals surface area contributed by atoms with Crippen LogP contribution >= 0.6 is 0 Å². The zero-order chi connectivity index (χ0) is 17.2. The number of hydrogen-bond acceptors (Lipinski definition) is 3. The van der Waals surface area contributed by atoms with Gasteiger partial charge in [-0.2, -0.15) is 0 Å². The highest BCUT2D eigenvalue weighted by Crippen LogP contribution is 2.17. The fraction of sp³-hybridized carbons (Fsp3) is 0.250. The smallest absolute Gasteiger partial charge is 0.239 e. The number of benzene rings is 2. The summed E-state index contributed by atoms with van der Waals surface area (Å²) in [5.41, 5.74) is 3.03. The summed E-state index contributed by atoms with van der Waals surface area (Å²) in [5, 5.41) is 6.02. The van der Waals surface area contributed by atoms with Gasteiger partial charge >= 0.3 is 0 Å². The van der Waals surface area contributed by atoms with Gasteiger partial charge in [-0.25, -0.2) is 0 Å². The van der Waals surface area contributed by atoms with Crippen molar-refractivity contribution >= 4 is 11.6 Å². The molecular weight excluding hydrogens is 300 g/mol. The Bertz CT molecular complexity index is 668. The molecule has 0 saturated carbocycles. The molecule has 0 radical (unpaired) electrons. The molecule has 0 aliphatic rings. The van der Waals surface area contributed by atoms with Crippen molar-refractivity contribution < 1.29 is 9.53 Å². The third-order valence-electron chi connectivity index (χ3n) is 3.35. The Balaban J connectivity index is 1.71. The van der Waals surface area contributed by atoms with Crippen molar-refractivity contribution in [2.24, 2.45) is 0 Å². The Labute approximate surface area is 143 Å². The van der Waals surface area contributed by atoms with Crippen molar-refractivity contribution in [3.63, 3.8) is 0 Å². The summed E-state index contributed by atoms with van der Waals surface area (Å²) in [5.74, 6) is 0.728. The third-order valence-corrected chi connectivity index (χ3v) is 3.35. The van der Waals surface area contributed by atoms with Crippen LogP contribution in [0, 0.1) is 0 Å². The summed E-state index contributed by atoms with van der Waals surface area (Å²) in [6.07, 6.45) is 0.830. The lowest BCUT2D eigenvalue weighted by Crippen LogP contribution is -2.31. The van der Waals surface area contributed by atoms with E-state index in [1.165, 1.54) is 5.56 Å². The molecule has 0 spiro atoms. The maximum Gasteiger partial charge on any atom is 0.239 e. The zero-order valence-corrected chi connectivity index (χ0v) is 14.0. The Hall–Kier alpha value is -2.75. The molecule has 0 unspecified atom stereocenters. The van der Waals surface area contributed by atoms with E-state index in [-0.39, 0.29) is 12.5 Å². The minimum absolute atomic E-state index is 0.0285. The molecule has 1 amide bonds. The van der Waals surface area contributed by atoms with Gasteiger partial charge in [0.05, 0.1) is 6.54 Å². The van der Waals surface area contributed by atoms with E-state index < -0.39 is 0 Å². The van der Waals surface area contributed by atoms with Crippen LogP contribution in [0.5, 0.6) is 5.75 Å². The Morgan fingerprint density at radius 2 is 1.92 bits per heavy atom. The van der Waals surface area contributed by atoms with E-state index in [0.717, 1.165) is 23.4 Å². The van der Waals surface area contributed by atoms with Gasteiger partial charge in [-0.3, -0.25) is 4.79 Å². The molecule has 0 fully saturated rings. The standard InChI is InChI=1S/C20H24N2O2/c1-16(2)15-24-19-10-6-9-18(13-19)22-14-20(23)21-12-11-17-7-4-3-5-8-17/h3-10,13,22H,1,11-12,14-15H2,2H3,(H,21,23). The van der Waals surface area contributed by atoms with Crippen molar-refractivity contribution in [1.82, 2.24) is 5.32 Å². The van der Waals surface area contributed by atoms with Crippen LogP contribution in [0.2, 0.25) is 0 Å². The molecule has 0 saturated heterocycles. The highest BCUT2D eigenvalue weighted by atomic mass is 16.5. The monoisotopic (exact) mass is 324 g/mol. The summed E-state index contributed by atoms with van der Waals surface area (Å²) in [4.78, 5) is 11.9.